The fourth-order valence-electron chi connectivity index (χ4n) is 3.65. The Morgan fingerprint density at radius 1 is 1.00 bits per heavy atom. The van der Waals surface area contributed by atoms with E-state index in [9.17, 15) is 9.59 Å². The summed E-state index contributed by atoms with van der Waals surface area (Å²) in [5.74, 6) is 0.225. The molecule has 0 aliphatic heterocycles. The predicted octanol–water partition coefficient (Wildman–Crippen LogP) is 5.99. The third-order valence-electron chi connectivity index (χ3n) is 5.52. The van der Waals surface area contributed by atoms with Crippen molar-refractivity contribution in [2.45, 2.75) is 38.8 Å². The van der Waals surface area contributed by atoms with Crippen LogP contribution in [0.5, 0.6) is 5.75 Å². The number of halogens is 2. The number of nitrogens with zero attached hydrogens (tertiary/aromatic N) is 1. The molecule has 0 saturated heterocycles. The number of benzene rings is 3. The second-order valence-electron chi connectivity index (χ2n) is 8.24. The molecule has 0 heterocycles. The Balaban J connectivity index is 1.87. The van der Waals surface area contributed by atoms with Gasteiger partial charge < -0.3 is 15.0 Å². The van der Waals surface area contributed by atoms with E-state index in [2.05, 4.69) is 50.8 Å². The summed E-state index contributed by atoms with van der Waals surface area (Å²) in [4.78, 5) is 28.6. The van der Waals surface area contributed by atoms with Gasteiger partial charge in [0.15, 0.2) is 6.61 Å². The van der Waals surface area contributed by atoms with Gasteiger partial charge >= 0.3 is 0 Å². The van der Waals surface area contributed by atoms with Crippen molar-refractivity contribution in [3.8, 4) is 5.75 Å². The molecule has 3 aromatic rings. The van der Waals surface area contributed by atoms with Gasteiger partial charge in [0.1, 0.15) is 11.8 Å². The van der Waals surface area contributed by atoms with E-state index in [1.165, 1.54) is 0 Å². The number of carbonyl (C=O) groups excluding carboxylic acids is 2. The molecule has 0 aromatic heterocycles. The Labute approximate surface area is 229 Å². The molecule has 35 heavy (non-hydrogen) atoms. The van der Waals surface area contributed by atoms with Crippen LogP contribution >= 0.6 is 38.5 Å². The van der Waals surface area contributed by atoms with Crippen LogP contribution in [0.2, 0.25) is 0 Å². The molecule has 5 nitrogen and oxygen atoms in total. The second kappa shape index (κ2) is 14.2. The first kappa shape index (κ1) is 27.2. The first-order chi connectivity index (χ1) is 17.0. The normalized spacial score (nSPS) is 11.5. The van der Waals surface area contributed by atoms with Crippen molar-refractivity contribution in [2.24, 2.45) is 0 Å². The number of ether oxygens (including phenoxy) is 1. The molecule has 0 saturated carbocycles. The molecule has 0 radical (unpaired) electrons. The summed E-state index contributed by atoms with van der Waals surface area (Å²) in [6.07, 6.45) is 2.29. The minimum absolute atomic E-state index is 0.151. The highest BCUT2D eigenvalue weighted by molar-refractivity contribution is 14.1. The summed E-state index contributed by atoms with van der Waals surface area (Å²) in [5, 5.41) is 3.03. The minimum Gasteiger partial charge on any atom is -0.484 e. The van der Waals surface area contributed by atoms with Gasteiger partial charge in [-0.15, -0.1) is 0 Å². The number of hydrogen-bond acceptors (Lipinski definition) is 3. The Bertz CT molecular complexity index is 1090. The zero-order chi connectivity index (χ0) is 25.0. The van der Waals surface area contributed by atoms with Gasteiger partial charge in [0.2, 0.25) is 5.91 Å². The van der Waals surface area contributed by atoms with E-state index in [0.717, 1.165) is 32.0 Å². The smallest absolute Gasteiger partial charge is 0.261 e. The summed E-state index contributed by atoms with van der Waals surface area (Å²) in [7, 11) is 0. The lowest BCUT2D eigenvalue weighted by Crippen LogP contribution is -2.51. The van der Waals surface area contributed by atoms with Gasteiger partial charge in [-0.2, -0.15) is 0 Å². The first-order valence-corrected chi connectivity index (χ1v) is 13.6. The largest absolute Gasteiger partial charge is 0.484 e. The molecular formula is C28H30BrIN2O3. The van der Waals surface area contributed by atoms with E-state index in [4.69, 9.17) is 4.74 Å². The molecule has 1 unspecified atom stereocenters. The molecule has 1 atom stereocenters. The quantitative estimate of drug-likeness (QED) is 0.194. The lowest BCUT2D eigenvalue weighted by atomic mass is 10.0. The Kier molecular flexibility index (Phi) is 11.1. The molecule has 0 bridgehead atoms. The van der Waals surface area contributed by atoms with Gasteiger partial charge in [0.25, 0.3) is 5.91 Å². The number of rotatable bonds is 12. The lowest BCUT2D eigenvalue weighted by Gasteiger charge is -2.31. The van der Waals surface area contributed by atoms with Gasteiger partial charge in [0, 0.05) is 27.6 Å². The molecule has 7 heteroatoms. The average molecular weight is 649 g/mol. The van der Waals surface area contributed by atoms with E-state index >= 15 is 0 Å². The maximum Gasteiger partial charge on any atom is 0.261 e. The number of unbranched alkanes of at least 4 members (excludes halogenated alkanes) is 1. The zero-order valence-electron chi connectivity index (χ0n) is 19.8. The summed E-state index contributed by atoms with van der Waals surface area (Å²) in [5.41, 5.74) is 1.93. The van der Waals surface area contributed by atoms with E-state index in [1.54, 1.807) is 4.90 Å². The number of nitrogens with one attached hydrogen (secondary N) is 1. The Morgan fingerprint density at radius 2 is 1.71 bits per heavy atom. The molecule has 0 spiro atoms. The fraction of sp³-hybridized carbons (Fsp3) is 0.286. The van der Waals surface area contributed by atoms with Crippen LogP contribution in [0.4, 0.5) is 0 Å². The van der Waals surface area contributed by atoms with Crippen LogP contribution in [0.1, 0.15) is 30.9 Å². The van der Waals surface area contributed by atoms with Gasteiger partial charge in [-0.3, -0.25) is 9.59 Å². The van der Waals surface area contributed by atoms with E-state index in [1.807, 2.05) is 78.9 Å². The second-order valence-corrected chi connectivity index (χ2v) is 10.4. The predicted molar refractivity (Wildman–Crippen MR) is 151 cm³/mol. The number of hydrogen-bond donors (Lipinski definition) is 1. The van der Waals surface area contributed by atoms with Gasteiger partial charge in [0.05, 0.1) is 0 Å². The van der Waals surface area contributed by atoms with E-state index in [-0.39, 0.29) is 18.4 Å². The third-order valence-corrected chi connectivity index (χ3v) is 6.73. The maximum atomic E-state index is 13.5. The van der Waals surface area contributed by atoms with Crippen molar-refractivity contribution >= 4 is 50.3 Å². The summed E-state index contributed by atoms with van der Waals surface area (Å²) >= 11 is 5.73. The van der Waals surface area contributed by atoms with Crippen LogP contribution in [0.25, 0.3) is 0 Å². The number of carbonyl (C=O) groups is 2. The van der Waals surface area contributed by atoms with Crippen LogP contribution < -0.4 is 10.1 Å². The summed E-state index contributed by atoms with van der Waals surface area (Å²) in [6.45, 7) is 2.81. The molecule has 0 aliphatic rings. The topological polar surface area (TPSA) is 58.6 Å². The van der Waals surface area contributed by atoms with Crippen LogP contribution in [0.15, 0.2) is 83.3 Å². The maximum absolute atomic E-state index is 13.5. The molecule has 184 valence electrons. The lowest BCUT2D eigenvalue weighted by molar-refractivity contribution is -0.142. The summed E-state index contributed by atoms with van der Waals surface area (Å²) < 4.78 is 7.82. The molecule has 3 aromatic carbocycles. The number of amides is 2. The van der Waals surface area contributed by atoms with Crippen LogP contribution in [-0.4, -0.2) is 35.9 Å². The molecule has 1 N–H and O–H groups in total. The molecule has 2 amide bonds. The van der Waals surface area contributed by atoms with Crippen molar-refractivity contribution in [3.63, 3.8) is 0 Å². The SMILES string of the molecule is CCCCNC(=O)C(Cc1ccccc1)N(Cc1cccc(Br)c1)C(=O)COc1ccc(I)cc1. The van der Waals surface area contributed by atoms with Crippen molar-refractivity contribution in [1.29, 1.82) is 0 Å². The van der Waals surface area contributed by atoms with E-state index in [0.29, 0.717) is 25.3 Å². The van der Waals surface area contributed by atoms with E-state index < -0.39 is 6.04 Å². The van der Waals surface area contributed by atoms with Crippen molar-refractivity contribution < 1.29 is 14.3 Å². The molecular weight excluding hydrogens is 619 g/mol. The Morgan fingerprint density at radius 3 is 2.40 bits per heavy atom. The van der Waals surface area contributed by atoms with Gasteiger partial charge in [-0.1, -0.05) is 71.7 Å². The van der Waals surface area contributed by atoms with Crippen molar-refractivity contribution in [2.75, 3.05) is 13.2 Å². The highest BCUT2D eigenvalue weighted by atomic mass is 127. The first-order valence-electron chi connectivity index (χ1n) is 11.7. The minimum atomic E-state index is -0.666. The van der Waals surface area contributed by atoms with Crippen LogP contribution in [0, 0.1) is 3.57 Å². The van der Waals surface area contributed by atoms with Gasteiger partial charge in [-0.25, -0.2) is 0 Å². The summed E-state index contributed by atoms with van der Waals surface area (Å²) in [6, 6.07) is 24.5. The average Bonchev–Trinajstić information content (AvgIpc) is 2.86. The molecule has 3 rings (SSSR count). The van der Waals surface area contributed by atoms with Crippen LogP contribution in [-0.2, 0) is 22.6 Å². The van der Waals surface area contributed by atoms with Crippen molar-refractivity contribution in [1.82, 2.24) is 10.2 Å². The monoisotopic (exact) mass is 648 g/mol. The van der Waals surface area contributed by atoms with Crippen molar-refractivity contribution in [3.05, 3.63) is 98.0 Å². The Hall–Kier alpha value is -2.39. The third kappa shape index (κ3) is 8.96. The fourth-order valence-corrected chi connectivity index (χ4v) is 4.46. The standard InChI is InChI=1S/C28H30BrIN2O3/c1-2-3-16-31-28(34)26(18-21-8-5-4-6-9-21)32(19-22-10-7-11-23(29)17-22)27(33)20-35-25-14-12-24(30)13-15-25/h4-15,17,26H,2-3,16,18-20H2,1H3,(H,31,34). The molecule has 0 fully saturated rings. The zero-order valence-corrected chi connectivity index (χ0v) is 23.5. The van der Waals surface area contributed by atoms with Gasteiger partial charge in [-0.05, 0) is 76.5 Å². The highest BCUT2D eigenvalue weighted by Crippen LogP contribution is 2.19. The highest BCUT2D eigenvalue weighted by Gasteiger charge is 2.30. The van der Waals surface area contributed by atoms with Crippen LogP contribution in [0.3, 0.4) is 0 Å². The molecule has 0 aliphatic carbocycles.